The Morgan fingerprint density at radius 3 is 2.62 bits per heavy atom. The van der Waals surface area contributed by atoms with Crippen LogP contribution in [-0.4, -0.2) is 41.5 Å². The number of amides is 1. The van der Waals surface area contributed by atoms with Gasteiger partial charge >= 0.3 is 0 Å². The maximum absolute atomic E-state index is 10.8. The van der Waals surface area contributed by atoms with Crippen LogP contribution >= 0.6 is 0 Å². The van der Waals surface area contributed by atoms with E-state index in [2.05, 4.69) is 5.32 Å². The van der Waals surface area contributed by atoms with Crippen molar-refractivity contribution in [1.82, 2.24) is 10.7 Å². The van der Waals surface area contributed by atoms with E-state index >= 15 is 0 Å². The van der Waals surface area contributed by atoms with Gasteiger partial charge in [-0.25, -0.2) is 5.84 Å². The molecule has 0 spiro atoms. The van der Waals surface area contributed by atoms with Crippen molar-refractivity contribution in [1.29, 1.82) is 0 Å². The van der Waals surface area contributed by atoms with Crippen LogP contribution in [0.1, 0.15) is 6.42 Å². The van der Waals surface area contributed by atoms with Gasteiger partial charge in [0, 0.05) is 0 Å². The number of hydrogen-bond donors (Lipinski definition) is 6. The highest BCUT2D eigenvalue weighted by molar-refractivity contribution is 5.80. The molecule has 2 atom stereocenters. The minimum atomic E-state index is -0.979. The number of carbonyl (C=O) groups is 1. The zero-order chi connectivity index (χ0) is 10.3. The van der Waals surface area contributed by atoms with Gasteiger partial charge in [-0.15, -0.1) is 0 Å². The maximum Gasteiger partial charge on any atom is 0.250 e. The van der Waals surface area contributed by atoms with Crippen LogP contribution in [0, 0.1) is 0 Å². The summed E-state index contributed by atoms with van der Waals surface area (Å²) in [5, 5.41) is 19.8. The molecule has 0 aliphatic rings. The SMILES string of the molecule is NNC(=O)[C@@H](N)CCNC(O)CO. The normalized spacial score (nSPS) is 15.1. The molecule has 78 valence electrons. The fraction of sp³-hybridized carbons (Fsp3) is 0.833. The summed E-state index contributed by atoms with van der Waals surface area (Å²) < 4.78 is 0. The molecule has 0 radical (unpaired) electrons. The lowest BCUT2D eigenvalue weighted by molar-refractivity contribution is -0.122. The Labute approximate surface area is 76.1 Å². The van der Waals surface area contributed by atoms with E-state index in [9.17, 15) is 4.79 Å². The first-order valence-electron chi connectivity index (χ1n) is 3.90. The van der Waals surface area contributed by atoms with E-state index in [1.165, 1.54) is 0 Å². The smallest absolute Gasteiger partial charge is 0.250 e. The number of nitrogens with one attached hydrogen (secondary N) is 2. The van der Waals surface area contributed by atoms with Crippen LogP contribution in [0.3, 0.4) is 0 Å². The van der Waals surface area contributed by atoms with E-state index in [4.69, 9.17) is 21.8 Å². The molecule has 0 saturated heterocycles. The van der Waals surface area contributed by atoms with Gasteiger partial charge in [0.1, 0.15) is 6.23 Å². The van der Waals surface area contributed by atoms with Crippen molar-refractivity contribution < 1.29 is 15.0 Å². The average molecular weight is 192 g/mol. The standard InChI is InChI=1S/C6H16N4O3/c7-4(6(13)10-8)1-2-9-5(12)3-11/h4-5,9,11-12H,1-3,7-8H2,(H,10,13)/t4-,5?/m0/s1. The fourth-order valence-corrected chi connectivity index (χ4v) is 0.708. The van der Waals surface area contributed by atoms with Gasteiger partial charge in [-0.3, -0.25) is 15.5 Å². The molecule has 0 rings (SSSR count). The number of rotatable bonds is 6. The number of hydrazine groups is 1. The first kappa shape index (κ1) is 12.3. The van der Waals surface area contributed by atoms with E-state index < -0.39 is 18.2 Å². The molecule has 0 aromatic carbocycles. The van der Waals surface area contributed by atoms with E-state index in [1.807, 2.05) is 5.43 Å². The Bertz CT molecular complexity index is 155. The second kappa shape index (κ2) is 6.75. The lowest BCUT2D eigenvalue weighted by atomic mass is 10.2. The molecule has 7 heteroatoms. The molecule has 0 bridgehead atoms. The lowest BCUT2D eigenvalue weighted by Crippen LogP contribution is -2.46. The van der Waals surface area contributed by atoms with Crippen LogP contribution in [0.5, 0.6) is 0 Å². The molecular weight excluding hydrogens is 176 g/mol. The number of aliphatic hydroxyl groups is 2. The van der Waals surface area contributed by atoms with Crippen LogP contribution in [0.4, 0.5) is 0 Å². The quantitative estimate of drug-likeness (QED) is 0.112. The first-order chi connectivity index (χ1) is 6.11. The van der Waals surface area contributed by atoms with Gasteiger partial charge in [-0.1, -0.05) is 0 Å². The first-order valence-corrected chi connectivity index (χ1v) is 3.90. The maximum atomic E-state index is 10.8. The Morgan fingerprint density at radius 1 is 1.54 bits per heavy atom. The third-order valence-corrected chi connectivity index (χ3v) is 1.49. The Hall–Kier alpha value is -0.730. The molecule has 0 fully saturated rings. The Morgan fingerprint density at radius 2 is 2.15 bits per heavy atom. The van der Waals surface area contributed by atoms with Gasteiger partial charge in [0.2, 0.25) is 0 Å². The van der Waals surface area contributed by atoms with Gasteiger partial charge in [0.05, 0.1) is 12.6 Å². The molecule has 8 N–H and O–H groups in total. The largest absolute Gasteiger partial charge is 0.392 e. The van der Waals surface area contributed by atoms with Crippen LogP contribution in [-0.2, 0) is 4.79 Å². The van der Waals surface area contributed by atoms with Crippen molar-refractivity contribution in [2.24, 2.45) is 11.6 Å². The van der Waals surface area contributed by atoms with Crippen LogP contribution in [0.25, 0.3) is 0 Å². The summed E-state index contributed by atoms with van der Waals surface area (Å²) in [5.41, 5.74) is 7.29. The molecule has 7 nitrogen and oxygen atoms in total. The monoisotopic (exact) mass is 192 g/mol. The van der Waals surface area contributed by atoms with Gasteiger partial charge in [0.15, 0.2) is 0 Å². The van der Waals surface area contributed by atoms with Crippen molar-refractivity contribution in [3.05, 3.63) is 0 Å². The number of carbonyl (C=O) groups excluding carboxylic acids is 1. The van der Waals surface area contributed by atoms with Crippen molar-refractivity contribution in [2.45, 2.75) is 18.7 Å². The van der Waals surface area contributed by atoms with Crippen LogP contribution in [0.15, 0.2) is 0 Å². The topological polar surface area (TPSA) is 134 Å². The Balaban J connectivity index is 3.47. The molecule has 0 aromatic heterocycles. The van der Waals surface area contributed by atoms with E-state index in [0.717, 1.165) is 0 Å². The summed E-state index contributed by atoms with van der Waals surface area (Å²) in [6.07, 6.45) is -0.645. The number of aliphatic hydroxyl groups excluding tert-OH is 2. The highest BCUT2D eigenvalue weighted by Crippen LogP contribution is 1.86. The lowest BCUT2D eigenvalue weighted by Gasteiger charge is -2.12. The summed E-state index contributed by atoms with van der Waals surface area (Å²) >= 11 is 0. The fourth-order valence-electron chi connectivity index (χ4n) is 0.708. The molecular formula is C6H16N4O3. The van der Waals surface area contributed by atoms with Crippen molar-refractivity contribution in [2.75, 3.05) is 13.2 Å². The van der Waals surface area contributed by atoms with Crippen LogP contribution < -0.4 is 22.3 Å². The average Bonchev–Trinajstić information content (AvgIpc) is 2.15. The molecule has 0 saturated carbocycles. The van der Waals surface area contributed by atoms with Gasteiger partial charge in [-0.05, 0) is 13.0 Å². The zero-order valence-electron chi connectivity index (χ0n) is 7.23. The van der Waals surface area contributed by atoms with Crippen molar-refractivity contribution in [3.63, 3.8) is 0 Å². The molecule has 13 heavy (non-hydrogen) atoms. The number of nitrogens with two attached hydrogens (primary N) is 2. The van der Waals surface area contributed by atoms with E-state index in [0.29, 0.717) is 13.0 Å². The molecule has 1 amide bonds. The van der Waals surface area contributed by atoms with Gasteiger partial charge in [-0.2, -0.15) is 0 Å². The van der Waals surface area contributed by atoms with Crippen molar-refractivity contribution >= 4 is 5.91 Å². The number of hydrogen-bond acceptors (Lipinski definition) is 6. The molecule has 0 aliphatic heterocycles. The minimum Gasteiger partial charge on any atom is -0.392 e. The summed E-state index contributed by atoms with van der Waals surface area (Å²) in [6.45, 7) is -0.0470. The molecule has 0 aromatic rings. The molecule has 0 aliphatic carbocycles. The molecule has 0 heterocycles. The minimum absolute atomic E-state index is 0.330. The summed E-state index contributed by atoms with van der Waals surface area (Å²) in [6, 6.07) is -0.705. The second-order valence-corrected chi connectivity index (χ2v) is 2.56. The summed E-state index contributed by atoms with van der Waals surface area (Å²) in [5.74, 6) is 4.38. The van der Waals surface area contributed by atoms with Gasteiger partial charge in [0.25, 0.3) is 5.91 Å². The highest BCUT2D eigenvalue weighted by Gasteiger charge is 2.11. The van der Waals surface area contributed by atoms with E-state index in [1.54, 1.807) is 0 Å². The van der Waals surface area contributed by atoms with Crippen LogP contribution in [0.2, 0.25) is 0 Å². The Kier molecular flexibility index (Phi) is 6.37. The zero-order valence-corrected chi connectivity index (χ0v) is 7.23. The summed E-state index contributed by atoms with van der Waals surface area (Å²) in [4.78, 5) is 10.8. The predicted molar refractivity (Wildman–Crippen MR) is 46.0 cm³/mol. The predicted octanol–water partition coefficient (Wildman–Crippen LogP) is -3.41. The van der Waals surface area contributed by atoms with Gasteiger partial charge < -0.3 is 15.9 Å². The third-order valence-electron chi connectivity index (χ3n) is 1.49. The summed E-state index contributed by atoms with van der Waals surface area (Å²) in [7, 11) is 0. The second-order valence-electron chi connectivity index (χ2n) is 2.56. The van der Waals surface area contributed by atoms with E-state index in [-0.39, 0.29) is 6.61 Å². The third kappa shape index (κ3) is 5.50. The highest BCUT2D eigenvalue weighted by atomic mass is 16.3. The molecule has 1 unspecified atom stereocenters. The van der Waals surface area contributed by atoms with Crippen molar-refractivity contribution in [3.8, 4) is 0 Å².